The molecule has 0 aliphatic rings. The minimum atomic E-state index is 1.14. The average Bonchev–Trinajstić information content (AvgIpc) is 2.67. The van der Waals surface area contributed by atoms with E-state index in [9.17, 15) is 0 Å². The number of rotatable bonds is 0. The number of halogens is 2. The van der Waals surface area contributed by atoms with Crippen LogP contribution in [0.5, 0.6) is 0 Å². The lowest BCUT2D eigenvalue weighted by molar-refractivity contribution is 1.41. The summed E-state index contributed by atoms with van der Waals surface area (Å²) in [6, 6.07) is 0. The second-order valence-corrected chi connectivity index (χ2v) is 6.00. The Balaban J connectivity index is 0.000000140. The van der Waals surface area contributed by atoms with Gasteiger partial charge < -0.3 is 0 Å². The van der Waals surface area contributed by atoms with Crippen molar-refractivity contribution >= 4 is 54.5 Å². The molecule has 0 spiro atoms. The Morgan fingerprint density at radius 1 is 0.786 bits per heavy atom. The van der Waals surface area contributed by atoms with E-state index in [4.69, 9.17) is 0 Å². The lowest BCUT2D eigenvalue weighted by atomic mass is 10.2. The molecule has 0 atom stereocenters. The van der Waals surface area contributed by atoms with Gasteiger partial charge in [-0.1, -0.05) is 0 Å². The summed E-state index contributed by atoms with van der Waals surface area (Å²) in [5.74, 6) is 0. The maximum atomic E-state index is 3.33. The van der Waals surface area contributed by atoms with Gasteiger partial charge in [-0.2, -0.15) is 22.7 Å². The van der Waals surface area contributed by atoms with Gasteiger partial charge in [0.1, 0.15) is 0 Å². The molecule has 76 valence electrons. The van der Waals surface area contributed by atoms with Gasteiger partial charge in [0.25, 0.3) is 0 Å². The molecule has 0 N–H and O–H groups in total. The number of aryl methyl sites for hydroxylation is 2. The van der Waals surface area contributed by atoms with Crippen LogP contribution in [0, 0.1) is 13.8 Å². The van der Waals surface area contributed by atoms with E-state index >= 15 is 0 Å². The maximum Gasteiger partial charge on any atom is 0.0424 e. The molecule has 0 unspecified atom stereocenters. The second-order valence-electron chi connectivity index (χ2n) is 2.81. The summed E-state index contributed by atoms with van der Waals surface area (Å²) in [6.45, 7) is 4.26. The van der Waals surface area contributed by atoms with Gasteiger partial charge in [0.15, 0.2) is 0 Å². The highest BCUT2D eigenvalue weighted by Crippen LogP contribution is 2.25. The second kappa shape index (κ2) is 6.05. The van der Waals surface area contributed by atoms with Gasteiger partial charge >= 0.3 is 0 Å². The van der Waals surface area contributed by atoms with E-state index in [0.29, 0.717) is 0 Å². The van der Waals surface area contributed by atoms with Gasteiger partial charge in [-0.15, -0.1) is 0 Å². The summed E-state index contributed by atoms with van der Waals surface area (Å²) < 4.78 is 2.27. The lowest BCUT2D eigenvalue weighted by Gasteiger charge is -1.79. The van der Waals surface area contributed by atoms with Crippen molar-refractivity contribution < 1.29 is 0 Å². The molecule has 0 amide bonds. The molecule has 0 aromatic carbocycles. The fourth-order valence-corrected chi connectivity index (χ4v) is 3.28. The maximum absolute atomic E-state index is 3.33. The van der Waals surface area contributed by atoms with Gasteiger partial charge in [0.2, 0.25) is 0 Å². The van der Waals surface area contributed by atoms with Crippen molar-refractivity contribution in [3.63, 3.8) is 0 Å². The van der Waals surface area contributed by atoms with Crippen molar-refractivity contribution in [2.75, 3.05) is 0 Å². The zero-order valence-corrected chi connectivity index (χ0v) is 12.7. The van der Waals surface area contributed by atoms with Gasteiger partial charge in [-0.25, -0.2) is 0 Å². The van der Waals surface area contributed by atoms with Gasteiger partial charge in [-0.05, 0) is 67.6 Å². The molecule has 0 bridgehead atoms. The monoisotopic (exact) mass is 352 g/mol. The molecule has 2 aromatic heterocycles. The largest absolute Gasteiger partial charge is 0.152 e. The first-order valence-corrected chi connectivity index (χ1v) is 7.45. The van der Waals surface area contributed by atoms with Crippen molar-refractivity contribution in [2.45, 2.75) is 13.8 Å². The molecule has 0 fully saturated rings. The minimum absolute atomic E-state index is 1.14. The van der Waals surface area contributed by atoms with E-state index in [-0.39, 0.29) is 0 Å². The normalized spacial score (nSPS) is 9.43. The Labute approximate surface area is 109 Å². The van der Waals surface area contributed by atoms with Crippen LogP contribution >= 0.6 is 54.5 Å². The summed E-state index contributed by atoms with van der Waals surface area (Å²) in [4.78, 5) is 0. The average molecular weight is 354 g/mol. The molecule has 0 saturated heterocycles. The summed E-state index contributed by atoms with van der Waals surface area (Å²) in [5, 5.41) is 8.39. The Morgan fingerprint density at radius 2 is 1.14 bits per heavy atom. The molecule has 0 nitrogen and oxygen atoms in total. The van der Waals surface area contributed by atoms with Crippen LogP contribution in [0.15, 0.2) is 30.5 Å². The summed E-state index contributed by atoms with van der Waals surface area (Å²) in [6.07, 6.45) is 0. The highest BCUT2D eigenvalue weighted by atomic mass is 79.9. The quantitative estimate of drug-likeness (QED) is 0.575. The third kappa shape index (κ3) is 3.85. The fourth-order valence-electron chi connectivity index (χ4n) is 0.690. The fraction of sp³-hybridized carbons (Fsp3) is 0.200. The lowest BCUT2D eigenvalue weighted by Crippen LogP contribution is -1.63. The Bertz CT molecular complexity index is 319. The van der Waals surface area contributed by atoms with Crippen molar-refractivity contribution in [1.82, 2.24) is 0 Å². The predicted molar refractivity (Wildman–Crippen MR) is 73.5 cm³/mol. The first-order chi connectivity index (χ1) is 6.61. The van der Waals surface area contributed by atoms with Gasteiger partial charge in [-0.3, -0.25) is 0 Å². The van der Waals surface area contributed by atoms with Crippen LogP contribution in [0.4, 0.5) is 0 Å². The van der Waals surface area contributed by atoms with E-state index in [1.165, 1.54) is 11.1 Å². The van der Waals surface area contributed by atoms with Crippen molar-refractivity contribution in [1.29, 1.82) is 0 Å². The van der Waals surface area contributed by atoms with Crippen LogP contribution in [0.3, 0.4) is 0 Å². The van der Waals surface area contributed by atoms with E-state index in [0.717, 1.165) is 8.95 Å². The van der Waals surface area contributed by atoms with Gasteiger partial charge in [0, 0.05) is 19.7 Å². The predicted octanol–water partition coefficient (Wildman–Crippen LogP) is 5.64. The van der Waals surface area contributed by atoms with E-state index in [1.54, 1.807) is 22.7 Å². The van der Waals surface area contributed by atoms with E-state index < -0.39 is 0 Å². The topological polar surface area (TPSA) is 0 Å². The molecule has 2 aromatic rings. The molecule has 0 radical (unpaired) electrons. The molecular weight excluding hydrogens is 344 g/mol. The molecule has 0 saturated carbocycles. The van der Waals surface area contributed by atoms with Crippen LogP contribution in [0.2, 0.25) is 0 Å². The number of hydrogen-bond acceptors (Lipinski definition) is 2. The highest BCUT2D eigenvalue weighted by molar-refractivity contribution is 9.13. The molecule has 2 heterocycles. The first-order valence-electron chi connectivity index (χ1n) is 3.98. The summed E-state index contributed by atoms with van der Waals surface area (Å²) >= 11 is 10.1. The molecule has 4 heteroatoms. The molecule has 0 aliphatic carbocycles. The number of thiophene rings is 2. The Kier molecular flexibility index (Phi) is 5.38. The smallest absolute Gasteiger partial charge is 0.0424 e. The van der Waals surface area contributed by atoms with Crippen LogP contribution in [0.1, 0.15) is 11.1 Å². The van der Waals surface area contributed by atoms with E-state index in [1.807, 2.05) is 10.8 Å². The molecular formula is C10H10Br2S2. The van der Waals surface area contributed by atoms with Crippen molar-refractivity contribution in [3.05, 3.63) is 41.6 Å². The standard InChI is InChI=1S/C6H8S.C4H2Br2S/c1-5-3-7-4-6(5)2;5-3-1-7-2-4(3)6/h3-4H,1-2H3;1-2H. The number of hydrogen-bond donors (Lipinski definition) is 0. The van der Waals surface area contributed by atoms with Gasteiger partial charge in [0.05, 0.1) is 0 Å². The van der Waals surface area contributed by atoms with E-state index in [2.05, 4.69) is 56.5 Å². The molecule has 2 rings (SSSR count). The van der Waals surface area contributed by atoms with Crippen molar-refractivity contribution in [3.8, 4) is 0 Å². The molecule has 14 heavy (non-hydrogen) atoms. The van der Waals surface area contributed by atoms with Crippen molar-refractivity contribution in [2.24, 2.45) is 0 Å². The summed E-state index contributed by atoms with van der Waals surface area (Å²) in [7, 11) is 0. The third-order valence-corrected chi connectivity index (χ3v) is 5.86. The third-order valence-electron chi connectivity index (χ3n) is 1.68. The van der Waals surface area contributed by atoms with Crippen LogP contribution in [0.25, 0.3) is 0 Å². The molecule has 0 aliphatic heterocycles. The minimum Gasteiger partial charge on any atom is -0.152 e. The SMILES string of the molecule is Brc1cscc1Br.Cc1cscc1C. The Hall–Kier alpha value is 0.360. The highest BCUT2D eigenvalue weighted by Gasteiger charge is 1.91. The zero-order chi connectivity index (χ0) is 10.6. The van der Waals surface area contributed by atoms with Crippen LogP contribution in [-0.4, -0.2) is 0 Å². The van der Waals surface area contributed by atoms with Crippen LogP contribution in [-0.2, 0) is 0 Å². The van der Waals surface area contributed by atoms with Crippen LogP contribution < -0.4 is 0 Å². The zero-order valence-electron chi connectivity index (χ0n) is 7.88. The first kappa shape index (κ1) is 12.4. The Morgan fingerprint density at radius 3 is 1.29 bits per heavy atom. The summed E-state index contributed by atoms with van der Waals surface area (Å²) in [5.41, 5.74) is 2.81.